The van der Waals surface area contributed by atoms with E-state index in [1.165, 1.54) is 0 Å². The van der Waals surface area contributed by atoms with E-state index >= 15 is 0 Å². The Bertz CT molecular complexity index is 674. The lowest BCUT2D eigenvalue weighted by atomic mass is 10.2. The van der Waals surface area contributed by atoms with Crippen LogP contribution in [0.4, 0.5) is 19.0 Å². The average molecular weight is 339 g/mol. The fourth-order valence-corrected chi connectivity index (χ4v) is 3.87. The molecule has 116 valence electrons. The van der Waals surface area contributed by atoms with Gasteiger partial charge < -0.3 is 11.1 Å². The van der Waals surface area contributed by atoms with Gasteiger partial charge in [0, 0.05) is 6.04 Å². The molecule has 21 heavy (non-hydrogen) atoms. The van der Waals surface area contributed by atoms with Gasteiger partial charge in [-0.15, -0.1) is 0 Å². The molecule has 1 atom stereocenters. The number of anilines is 1. The van der Waals surface area contributed by atoms with Crippen molar-refractivity contribution in [2.45, 2.75) is 18.6 Å². The van der Waals surface area contributed by atoms with E-state index in [-0.39, 0.29) is 27.9 Å². The van der Waals surface area contributed by atoms with Crippen molar-refractivity contribution in [3.8, 4) is 0 Å². The summed E-state index contributed by atoms with van der Waals surface area (Å²) in [6.07, 6.45) is -4.30. The number of aromatic nitrogens is 1. The number of rotatable bonds is 3. The van der Waals surface area contributed by atoms with Gasteiger partial charge in [-0.3, -0.25) is 0 Å². The smallest absolute Gasteiger partial charge is 0.389 e. The fourth-order valence-electron chi connectivity index (χ4n) is 2.03. The lowest BCUT2D eigenvalue weighted by Crippen LogP contribution is -2.25. The molecule has 1 fully saturated rings. The molecule has 1 aromatic rings. The summed E-state index contributed by atoms with van der Waals surface area (Å²) < 4.78 is 60.8. The molecule has 1 aromatic heterocycles. The summed E-state index contributed by atoms with van der Waals surface area (Å²) >= 11 is 4.77. The highest BCUT2D eigenvalue weighted by atomic mass is 32.2. The number of thiocarbonyl (C=S) groups is 1. The van der Waals surface area contributed by atoms with Gasteiger partial charge in [0.25, 0.3) is 0 Å². The number of alkyl halides is 3. The highest BCUT2D eigenvalue weighted by molar-refractivity contribution is 7.91. The maximum Gasteiger partial charge on any atom is 0.433 e. The third kappa shape index (κ3) is 3.82. The molecule has 0 radical (unpaired) electrons. The lowest BCUT2D eigenvalue weighted by molar-refractivity contribution is -0.141. The number of nitrogens with zero attached hydrogens (tertiary/aromatic N) is 1. The number of hydrogen-bond donors (Lipinski definition) is 2. The van der Waals surface area contributed by atoms with E-state index in [1.54, 1.807) is 0 Å². The lowest BCUT2D eigenvalue weighted by Gasteiger charge is -2.16. The summed E-state index contributed by atoms with van der Waals surface area (Å²) in [5.41, 5.74) is 4.52. The number of hydrogen-bond acceptors (Lipinski definition) is 5. The Kier molecular flexibility index (Phi) is 4.11. The van der Waals surface area contributed by atoms with Crippen molar-refractivity contribution in [1.29, 1.82) is 0 Å². The third-order valence-electron chi connectivity index (χ3n) is 3.02. The van der Waals surface area contributed by atoms with Crippen molar-refractivity contribution in [3.63, 3.8) is 0 Å². The summed E-state index contributed by atoms with van der Waals surface area (Å²) in [6.45, 7) is 0. The van der Waals surface area contributed by atoms with Gasteiger partial charge in [-0.05, 0) is 18.6 Å². The largest absolute Gasteiger partial charge is 0.433 e. The first-order valence-corrected chi connectivity index (χ1v) is 8.16. The highest BCUT2D eigenvalue weighted by Gasteiger charge is 2.34. The Morgan fingerprint density at radius 2 is 2.10 bits per heavy atom. The van der Waals surface area contributed by atoms with Crippen LogP contribution in [0.5, 0.6) is 0 Å². The average Bonchev–Trinajstić information content (AvgIpc) is 2.67. The predicted molar refractivity (Wildman–Crippen MR) is 75.8 cm³/mol. The van der Waals surface area contributed by atoms with E-state index in [2.05, 4.69) is 10.3 Å². The van der Waals surface area contributed by atoms with Gasteiger partial charge in [0.1, 0.15) is 16.5 Å². The molecule has 1 aliphatic heterocycles. The molecule has 0 spiro atoms. The standard InChI is InChI=1S/C11H12F3N3O2S2/c12-11(13,14)8-2-1-7(9(15)20)10(17-8)16-6-3-4-21(18,19)5-6/h1-2,6H,3-5H2,(H2,15,20)(H,16,17). The van der Waals surface area contributed by atoms with Crippen LogP contribution < -0.4 is 11.1 Å². The molecule has 2 heterocycles. The van der Waals surface area contributed by atoms with Gasteiger partial charge in [-0.1, -0.05) is 12.2 Å². The van der Waals surface area contributed by atoms with Crippen LogP contribution in [0.1, 0.15) is 17.7 Å². The Labute approximate surface area is 124 Å². The van der Waals surface area contributed by atoms with E-state index in [9.17, 15) is 21.6 Å². The van der Waals surface area contributed by atoms with E-state index in [0.717, 1.165) is 12.1 Å². The van der Waals surface area contributed by atoms with Gasteiger partial charge in [0.2, 0.25) is 0 Å². The summed E-state index contributed by atoms with van der Waals surface area (Å²) in [5.74, 6) is -0.298. The van der Waals surface area contributed by atoms with Crippen molar-refractivity contribution >= 4 is 32.9 Å². The molecule has 0 saturated carbocycles. The summed E-state index contributed by atoms with van der Waals surface area (Å²) in [4.78, 5) is 3.37. The number of nitrogens with two attached hydrogens (primary N) is 1. The van der Waals surface area contributed by atoms with Crippen molar-refractivity contribution < 1.29 is 21.6 Å². The maximum absolute atomic E-state index is 12.7. The first kappa shape index (κ1) is 16.0. The van der Waals surface area contributed by atoms with Crippen LogP contribution in [-0.4, -0.2) is 35.9 Å². The predicted octanol–water partition coefficient (Wildman–Crippen LogP) is 1.33. The zero-order chi connectivity index (χ0) is 15.8. The van der Waals surface area contributed by atoms with Crippen molar-refractivity contribution in [1.82, 2.24) is 4.98 Å². The monoisotopic (exact) mass is 339 g/mol. The van der Waals surface area contributed by atoms with Crippen LogP contribution >= 0.6 is 12.2 Å². The molecule has 5 nitrogen and oxygen atoms in total. The minimum Gasteiger partial charge on any atom is -0.389 e. The Balaban J connectivity index is 2.33. The number of nitrogens with one attached hydrogen (secondary N) is 1. The minimum atomic E-state index is -4.60. The molecular weight excluding hydrogens is 327 g/mol. The first-order chi connectivity index (χ1) is 9.58. The molecule has 2 rings (SSSR count). The van der Waals surface area contributed by atoms with Crippen LogP contribution in [0.2, 0.25) is 0 Å². The van der Waals surface area contributed by atoms with Crippen LogP contribution in [0.25, 0.3) is 0 Å². The van der Waals surface area contributed by atoms with Crippen LogP contribution in [0.15, 0.2) is 12.1 Å². The molecule has 0 bridgehead atoms. The van der Waals surface area contributed by atoms with Gasteiger partial charge in [-0.2, -0.15) is 13.2 Å². The second-order valence-electron chi connectivity index (χ2n) is 4.70. The van der Waals surface area contributed by atoms with Crippen LogP contribution in [-0.2, 0) is 16.0 Å². The van der Waals surface area contributed by atoms with E-state index in [1.807, 2.05) is 0 Å². The molecule has 1 aliphatic rings. The first-order valence-electron chi connectivity index (χ1n) is 5.93. The zero-order valence-corrected chi connectivity index (χ0v) is 12.3. The van der Waals surface area contributed by atoms with Gasteiger partial charge in [0.15, 0.2) is 9.84 Å². The third-order valence-corrected chi connectivity index (χ3v) is 5.01. The number of pyridine rings is 1. The summed E-state index contributed by atoms with van der Waals surface area (Å²) in [7, 11) is -3.16. The van der Waals surface area contributed by atoms with Crippen molar-refractivity contribution in [2.24, 2.45) is 5.73 Å². The van der Waals surface area contributed by atoms with Crippen LogP contribution in [0.3, 0.4) is 0 Å². The number of halogens is 3. The zero-order valence-electron chi connectivity index (χ0n) is 10.6. The molecule has 0 amide bonds. The fraction of sp³-hybridized carbons (Fsp3) is 0.455. The molecule has 0 aliphatic carbocycles. The Hall–Kier alpha value is -1.42. The van der Waals surface area contributed by atoms with Crippen molar-refractivity contribution in [2.75, 3.05) is 16.8 Å². The second kappa shape index (κ2) is 5.41. The SMILES string of the molecule is NC(=S)c1ccc(C(F)(F)F)nc1NC1CCS(=O)(=O)C1. The Morgan fingerprint density at radius 1 is 1.43 bits per heavy atom. The van der Waals surface area contributed by atoms with Crippen LogP contribution in [0, 0.1) is 0 Å². The summed E-state index contributed by atoms with van der Waals surface area (Å²) in [5, 5.41) is 2.70. The van der Waals surface area contributed by atoms with Crippen molar-refractivity contribution in [3.05, 3.63) is 23.4 Å². The molecule has 3 N–H and O–H groups in total. The van der Waals surface area contributed by atoms with E-state index in [4.69, 9.17) is 18.0 Å². The summed E-state index contributed by atoms with van der Waals surface area (Å²) in [6, 6.07) is 1.41. The van der Waals surface area contributed by atoms with Gasteiger partial charge in [-0.25, -0.2) is 13.4 Å². The molecule has 0 aromatic carbocycles. The van der Waals surface area contributed by atoms with E-state index < -0.39 is 27.7 Å². The van der Waals surface area contributed by atoms with E-state index in [0.29, 0.717) is 6.42 Å². The molecule has 1 unspecified atom stereocenters. The maximum atomic E-state index is 12.7. The second-order valence-corrected chi connectivity index (χ2v) is 7.37. The Morgan fingerprint density at radius 3 is 2.57 bits per heavy atom. The minimum absolute atomic E-state index is 0.00790. The molecule has 1 saturated heterocycles. The van der Waals surface area contributed by atoms with Gasteiger partial charge >= 0.3 is 6.18 Å². The normalized spacial score (nSPS) is 21.2. The topological polar surface area (TPSA) is 85.1 Å². The molecule has 10 heteroatoms. The molecular formula is C11H12F3N3O2S2. The number of sulfone groups is 1. The quantitative estimate of drug-likeness (QED) is 0.808. The highest BCUT2D eigenvalue weighted by Crippen LogP contribution is 2.30. The van der Waals surface area contributed by atoms with Gasteiger partial charge in [0.05, 0.1) is 17.1 Å².